The van der Waals surface area contributed by atoms with Crippen molar-refractivity contribution in [3.63, 3.8) is 0 Å². The van der Waals surface area contributed by atoms with Crippen LogP contribution in [0, 0.1) is 23.2 Å². The van der Waals surface area contributed by atoms with Crippen molar-refractivity contribution in [1.29, 1.82) is 0 Å². The summed E-state index contributed by atoms with van der Waals surface area (Å²) in [6.45, 7) is 0. The molecule has 0 radical (unpaired) electrons. The van der Waals surface area contributed by atoms with Crippen molar-refractivity contribution >= 4 is 0 Å². The lowest BCUT2D eigenvalue weighted by molar-refractivity contribution is -0.123. The number of aliphatic hydroxyl groups excluding tert-OH is 1. The Morgan fingerprint density at radius 1 is 1.06 bits per heavy atom. The van der Waals surface area contributed by atoms with Crippen molar-refractivity contribution < 1.29 is 5.11 Å². The van der Waals surface area contributed by atoms with E-state index in [1.165, 1.54) is 38.5 Å². The molecule has 1 N–H and O–H groups in total. The second-order valence-electron chi connectivity index (χ2n) is 6.81. The molecular weight excluding hydrogens is 224 g/mol. The van der Waals surface area contributed by atoms with Gasteiger partial charge in [0.05, 0.1) is 11.9 Å². The van der Waals surface area contributed by atoms with Crippen LogP contribution in [-0.4, -0.2) is 15.1 Å². The lowest BCUT2D eigenvalue weighted by Gasteiger charge is -2.58. The first-order chi connectivity index (χ1) is 8.75. The first-order valence-electron chi connectivity index (χ1n) is 7.19. The van der Waals surface area contributed by atoms with E-state index in [1.807, 2.05) is 0 Å². The second kappa shape index (κ2) is 3.77. The van der Waals surface area contributed by atoms with Gasteiger partial charge in [-0.2, -0.15) is 0 Å². The van der Waals surface area contributed by atoms with E-state index in [2.05, 4.69) is 9.97 Å². The molecule has 0 spiro atoms. The molecule has 96 valence electrons. The van der Waals surface area contributed by atoms with E-state index in [9.17, 15) is 5.11 Å². The highest BCUT2D eigenvalue weighted by atomic mass is 16.3. The van der Waals surface area contributed by atoms with Crippen molar-refractivity contribution in [2.24, 2.45) is 23.2 Å². The molecule has 1 aromatic rings. The van der Waals surface area contributed by atoms with Crippen LogP contribution in [0.2, 0.25) is 0 Å². The maximum Gasteiger partial charge on any atom is 0.103 e. The topological polar surface area (TPSA) is 46.0 Å². The van der Waals surface area contributed by atoms with E-state index in [0.717, 1.165) is 23.4 Å². The largest absolute Gasteiger partial charge is 0.386 e. The van der Waals surface area contributed by atoms with Crippen LogP contribution in [0.4, 0.5) is 0 Å². The monoisotopic (exact) mass is 244 g/mol. The van der Waals surface area contributed by atoms with Crippen LogP contribution in [0.5, 0.6) is 0 Å². The molecule has 4 fully saturated rings. The molecule has 4 aliphatic carbocycles. The van der Waals surface area contributed by atoms with Crippen LogP contribution < -0.4 is 0 Å². The van der Waals surface area contributed by atoms with Gasteiger partial charge in [0.2, 0.25) is 0 Å². The summed E-state index contributed by atoms with van der Waals surface area (Å²) in [5.74, 6) is 2.59. The van der Waals surface area contributed by atoms with Gasteiger partial charge in [0, 0.05) is 17.8 Å². The van der Waals surface area contributed by atoms with Gasteiger partial charge in [0.15, 0.2) is 0 Å². The lowest BCUT2D eigenvalue weighted by Crippen LogP contribution is -2.49. The quantitative estimate of drug-likeness (QED) is 0.870. The third-order valence-electron chi connectivity index (χ3n) is 5.53. The molecule has 1 aromatic heterocycles. The van der Waals surface area contributed by atoms with Gasteiger partial charge in [-0.25, -0.2) is 0 Å². The maximum absolute atomic E-state index is 10.8. The highest BCUT2D eigenvalue weighted by Gasteiger charge is 2.54. The molecule has 1 heterocycles. The zero-order valence-electron chi connectivity index (χ0n) is 10.6. The molecule has 1 unspecified atom stereocenters. The van der Waals surface area contributed by atoms with E-state index in [0.29, 0.717) is 0 Å². The zero-order chi connectivity index (χ0) is 12.2. The lowest BCUT2D eigenvalue weighted by atomic mass is 9.48. The Labute approximate surface area is 108 Å². The predicted molar refractivity (Wildman–Crippen MR) is 67.6 cm³/mol. The van der Waals surface area contributed by atoms with E-state index >= 15 is 0 Å². The summed E-state index contributed by atoms with van der Waals surface area (Å²) in [6.07, 6.45) is 12.5. The average molecular weight is 244 g/mol. The molecule has 3 heteroatoms. The normalized spacial score (nSPS) is 43.1. The molecule has 0 aromatic carbocycles. The second-order valence-corrected chi connectivity index (χ2v) is 6.81. The Kier molecular flexibility index (Phi) is 2.28. The fraction of sp³-hybridized carbons (Fsp3) is 0.733. The molecule has 3 nitrogen and oxygen atoms in total. The maximum atomic E-state index is 10.8. The Hall–Kier alpha value is -0.960. The van der Waals surface area contributed by atoms with Crippen molar-refractivity contribution in [1.82, 2.24) is 9.97 Å². The molecule has 0 amide bonds. The van der Waals surface area contributed by atoms with Crippen LogP contribution >= 0.6 is 0 Å². The minimum Gasteiger partial charge on any atom is -0.386 e. The Morgan fingerprint density at radius 2 is 1.67 bits per heavy atom. The van der Waals surface area contributed by atoms with Gasteiger partial charge in [-0.1, -0.05) is 0 Å². The molecule has 4 bridgehead atoms. The standard InChI is InChI=1S/C15H20N2O/c18-14(13-9-16-1-2-17-13)15-6-10-3-11(7-15)5-12(4-10)8-15/h1-2,9-12,14,18H,3-8H2. The number of hydrogen-bond donors (Lipinski definition) is 1. The van der Waals surface area contributed by atoms with Crippen LogP contribution in [-0.2, 0) is 0 Å². The summed E-state index contributed by atoms with van der Waals surface area (Å²) in [5.41, 5.74) is 0.893. The Balaban J connectivity index is 1.67. The Bertz CT molecular complexity index is 410. The summed E-state index contributed by atoms with van der Waals surface area (Å²) in [6, 6.07) is 0. The molecule has 0 aliphatic heterocycles. The molecule has 5 rings (SSSR count). The fourth-order valence-corrected chi connectivity index (χ4v) is 5.28. The fourth-order valence-electron chi connectivity index (χ4n) is 5.28. The molecule has 4 aliphatic rings. The summed E-state index contributed by atoms with van der Waals surface area (Å²) in [7, 11) is 0. The number of aromatic nitrogens is 2. The summed E-state index contributed by atoms with van der Waals surface area (Å²) in [5, 5.41) is 10.8. The summed E-state index contributed by atoms with van der Waals surface area (Å²) in [4.78, 5) is 8.43. The van der Waals surface area contributed by atoms with Gasteiger partial charge in [0.1, 0.15) is 6.10 Å². The SMILES string of the molecule is OC(c1cnccn1)C12CC3CC(CC(C3)C1)C2. The Morgan fingerprint density at radius 3 is 2.17 bits per heavy atom. The molecule has 4 saturated carbocycles. The van der Waals surface area contributed by atoms with Crippen molar-refractivity contribution in [2.45, 2.75) is 44.6 Å². The highest BCUT2D eigenvalue weighted by Crippen LogP contribution is 2.63. The van der Waals surface area contributed by atoms with Gasteiger partial charge in [-0.15, -0.1) is 0 Å². The summed E-state index contributed by atoms with van der Waals surface area (Å²) < 4.78 is 0. The van der Waals surface area contributed by atoms with Gasteiger partial charge < -0.3 is 5.11 Å². The number of aliphatic hydroxyl groups is 1. The minimum absolute atomic E-state index is 0.116. The average Bonchev–Trinajstić information content (AvgIpc) is 2.37. The van der Waals surface area contributed by atoms with Gasteiger partial charge in [-0.05, 0) is 56.3 Å². The minimum atomic E-state index is -0.403. The molecule has 0 saturated heterocycles. The van der Waals surface area contributed by atoms with Gasteiger partial charge in [0.25, 0.3) is 0 Å². The van der Waals surface area contributed by atoms with E-state index in [4.69, 9.17) is 0 Å². The van der Waals surface area contributed by atoms with Crippen LogP contribution in [0.3, 0.4) is 0 Å². The van der Waals surface area contributed by atoms with E-state index in [1.54, 1.807) is 18.6 Å². The van der Waals surface area contributed by atoms with Crippen LogP contribution in [0.25, 0.3) is 0 Å². The molecule has 1 atom stereocenters. The molecule has 18 heavy (non-hydrogen) atoms. The number of nitrogens with zero attached hydrogens (tertiary/aromatic N) is 2. The first kappa shape index (κ1) is 10.9. The zero-order valence-corrected chi connectivity index (χ0v) is 10.6. The number of rotatable bonds is 2. The molecular formula is C15H20N2O. The van der Waals surface area contributed by atoms with Crippen LogP contribution in [0.1, 0.15) is 50.3 Å². The number of hydrogen-bond acceptors (Lipinski definition) is 3. The van der Waals surface area contributed by atoms with Crippen LogP contribution in [0.15, 0.2) is 18.6 Å². The third-order valence-corrected chi connectivity index (χ3v) is 5.53. The van der Waals surface area contributed by atoms with Gasteiger partial charge >= 0.3 is 0 Å². The van der Waals surface area contributed by atoms with Gasteiger partial charge in [-0.3, -0.25) is 9.97 Å². The van der Waals surface area contributed by atoms with E-state index < -0.39 is 6.10 Å². The smallest absolute Gasteiger partial charge is 0.103 e. The predicted octanol–water partition coefficient (Wildman–Crippen LogP) is 2.73. The van der Waals surface area contributed by atoms with E-state index in [-0.39, 0.29) is 5.41 Å². The van der Waals surface area contributed by atoms with Crippen molar-refractivity contribution in [2.75, 3.05) is 0 Å². The first-order valence-corrected chi connectivity index (χ1v) is 7.19. The summed E-state index contributed by atoms with van der Waals surface area (Å²) >= 11 is 0. The highest BCUT2D eigenvalue weighted by molar-refractivity contribution is 5.11. The third kappa shape index (κ3) is 1.53. The van der Waals surface area contributed by atoms with Crippen molar-refractivity contribution in [3.05, 3.63) is 24.3 Å². The van der Waals surface area contributed by atoms with Crippen molar-refractivity contribution in [3.8, 4) is 0 Å².